The fourth-order valence-electron chi connectivity index (χ4n) is 2.44. The Morgan fingerprint density at radius 3 is 2.71 bits per heavy atom. The van der Waals surface area contributed by atoms with E-state index in [9.17, 15) is 9.90 Å². The van der Waals surface area contributed by atoms with Crippen LogP contribution in [-0.4, -0.2) is 28.0 Å². The van der Waals surface area contributed by atoms with Crippen LogP contribution in [0, 0.1) is 12.8 Å². The zero-order valence-corrected chi connectivity index (χ0v) is 12.5. The average molecular weight is 288 g/mol. The minimum atomic E-state index is -0.795. The van der Waals surface area contributed by atoms with Crippen LogP contribution >= 0.6 is 0 Å². The van der Waals surface area contributed by atoms with Gasteiger partial charge in [-0.1, -0.05) is 12.1 Å². The fraction of sp³-hybridized carbons (Fsp3) is 0.375. The molecule has 2 rings (SSSR count). The van der Waals surface area contributed by atoms with Gasteiger partial charge in [0.05, 0.1) is 18.7 Å². The summed E-state index contributed by atoms with van der Waals surface area (Å²) >= 11 is 0. The van der Waals surface area contributed by atoms with Crippen molar-refractivity contribution in [1.82, 2.24) is 9.78 Å². The second kappa shape index (κ2) is 6.43. The normalized spacial score (nSPS) is 12.1. The molecular weight excluding hydrogens is 268 g/mol. The Balaban J connectivity index is 2.15. The number of benzene rings is 1. The Morgan fingerprint density at radius 1 is 1.38 bits per heavy atom. The molecule has 0 aliphatic carbocycles. The molecule has 0 spiro atoms. The molecule has 5 nitrogen and oxygen atoms in total. The van der Waals surface area contributed by atoms with E-state index in [0.29, 0.717) is 12.8 Å². The van der Waals surface area contributed by atoms with Crippen molar-refractivity contribution in [2.24, 2.45) is 13.0 Å². The molecular formula is C16H20N2O3. The third-order valence-electron chi connectivity index (χ3n) is 3.52. The van der Waals surface area contributed by atoms with Crippen LogP contribution < -0.4 is 4.74 Å². The van der Waals surface area contributed by atoms with Gasteiger partial charge in [0.2, 0.25) is 0 Å². The number of ether oxygens (including phenoxy) is 1. The molecule has 0 fully saturated rings. The Morgan fingerprint density at radius 2 is 2.14 bits per heavy atom. The van der Waals surface area contributed by atoms with Gasteiger partial charge < -0.3 is 9.84 Å². The maximum absolute atomic E-state index is 11.5. The zero-order valence-electron chi connectivity index (χ0n) is 12.5. The Labute approximate surface area is 124 Å². The van der Waals surface area contributed by atoms with Crippen molar-refractivity contribution in [2.75, 3.05) is 7.11 Å². The van der Waals surface area contributed by atoms with Crippen LogP contribution in [0.5, 0.6) is 5.75 Å². The van der Waals surface area contributed by atoms with Gasteiger partial charge in [-0.3, -0.25) is 9.48 Å². The molecule has 21 heavy (non-hydrogen) atoms. The van der Waals surface area contributed by atoms with Gasteiger partial charge in [0.15, 0.2) is 0 Å². The number of carbonyl (C=O) groups is 1. The van der Waals surface area contributed by atoms with Gasteiger partial charge in [0, 0.05) is 19.2 Å². The summed E-state index contributed by atoms with van der Waals surface area (Å²) in [6, 6.07) is 9.46. The molecule has 1 atom stereocenters. The SMILES string of the molecule is COc1cccc(CC(Cc2cc(C)nn2C)C(=O)O)c1. The molecule has 0 bridgehead atoms. The fourth-order valence-corrected chi connectivity index (χ4v) is 2.44. The molecule has 0 aliphatic heterocycles. The Bertz CT molecular complexity index is 634. The zero-order chi connectivity index (χ0) is 15.4. The van der Waals surface area contributed by atoms with Crippen molar-refractivity contribution >= 4 is 5.97 Å². The van der Waals surface area contributed by atoms with Crippen LogP contribution in [0.2, 0.25) is 0 Å². The van der Waals surface area contributed by atoms with Gasteiger partial charge in [-0.15, -0.1) is 0 Å². The molecule has 0 saturated carbocycles. The van der Waals surface area contributed by atoms with Crippen LogP contribution in [-0.2, 0) is 24.7 Å². The van der Waals surface area contributed by atoms with E-state index in [1.807, 2.05) is 44.3 Å². The molecule has 1 unspecified atom stereocenters. The third kappa shape index (κ3) is 3.84. The topological polar surface area (TPSA) is 64.4 Å². The van der Waals surface area contributed by atoms with Crippen LogP contribution in [0.4, 0.5) is 0 Å². The van der Waals surface area contributed by atoms with Gasteiger partial charge in [-0.05, 0) is 37.1 Å². The molecule has 1 N–H and O–H groups in total. The molecule has 0 amide bonds. The number of nitrogens with zero attached hydrogens (tertiary/aromatic N) is 2. The first-order chi connectivity index (χ1) is 9.99. The summed E-state index contributed by atoms with van der Waals surface area (Å²) in [5.74, 6) is -0.531. The van der Waals surface area contributed by atoms with E-state index in [4.69, 9.17) is 4.74 Å². The van der Waals surface area contributed by atoms with Crippen LogP contribution in [0.15, 0.2) is 30.3 Å². The minimum Gasteiger partial charge on any atom is -0.497 e. The van der Waals surface area contributed by atoms with E-state index < -0.39 is 11.9 Å². The lowest BCUT2D eigenvalue weighted by Gasteiger charge is -2.13. The molecule has 0 aliphatic rings. The summed E-state index contributed by atoms with van der Waals surface area (Å²) in [5, 5.41) is 13.7. The van der Waals surface area contributed by atoms with Gasteiger partial charge in [-0.25, -0.2) is 0 Å². The van der Waals surface area contributed by atoms with Crippen molar-refractivity contribution in [3.63, 3.8) is 0 Å². The average Bonchev–Trinajstić information content (AvgIpc) is 2.76. The number of hydrogen-bond donors (Lipinski definition) is 1. The van der Waals surface area contributed by atoms with Crippen LogP contribution in [0.3, 0.4) is 0 Å². The van der Waals surface area contributed by atoms with Crippen molar-refractivity contribution in [3.8, 4) is 5.75 Å². The van der Waals surface area contributed by atoms with Gasteiger partial charge in [-0.2, -0.15) is 5.10 Å². The van der Waals surface area contributed by atoms with E-state index in [1.165, 1.54) is 0 Å². The predicted octanol–water partition coefficient (Wildman–Crippen LogP) is 2.22. The lowest BCUT2D eigenvalue weighted by atomic mass is 9.94. The summed E-state index contributed by atoms with van der Waals surface area (Å²) in [6.45, 7) is 1.90. The summed E-state index contributed by atoms with van der Waals surface area (Å²) in [4.78, 5) is 11.5. The molecule has 0 radical (unpaired) electrons. The Kier molecular flexibility index (Phi) is 4.62. The van der Waals surface area contributed by atoms with Crippen LogP contribution in [0.1, 0.15) is 17.0 Å². The lowest BCUT2D eigenvalue weighted by molar-refractivity contribution is -0.141. The standard InChI is InChI=1S/C16H20N2O3/c1-11-7-14(18(2)17-11)10-13(16(19)20)8-12-5-4-6-15(9-12)21-3/h4-7,9,13H,8,10H2,1-3H3,(H,19,20). The second-order valence-electron chi connectivity index (χ2n) is 5.20. The molecule has 1 heterocycles. The first kappa shape index (κ1) is 15.1. The number of aliphatic carboxylic acids is 1. The van der Waals surface area contributed by atoms with Crippen molar-refractivity contribution in [1.29, 1.82) is 0 Å². The van der Waals surface area contributed by atoms with Crippen molar-refractivity contribution in [2.45, 2.75) is 19.8 Å². The maximum atomic E-state index is 11.5. The van der Waals surface area contributed by atoms with E-state index in [0.717, 1.165) is 22.7 Å². The number of carboxylic acid groups (broad SMARTS) is 1. The first-order valence-corrected chi connectivity index (χ1v) is 6.85. The van der Waals surface area contributed by atoms with E-state index in [2.05, 4.69) is 5.10 Å². The quantitative estimate of drug-likeness (QED) is 0.885. The predicted molar refractivity (Wildman–Crippen MR) is 79.5 cm³/mol. The number of carboxylic acids is 1. The number of hydrogen-bond acceptors (Lipinski definition) is 3. The smallest absolute Gasteiger partial charge is 0.307 e. The lowest BCUT2D eigenvalue weighted by Crippen LogP contribution is -2.20. The minimum absolute atomic E-state index is 0.462. The monoisotopic (exact) mass is 288 g/mol. The summed E-state index contributed by atoms with van der Waals surface area (Å²) in [7, 11) is 3.44. The third-order valence-corrected chi connectivity index (χ3v) is 3.52. The van der Waals surface area contributed by atoms with E-state index >= 15 is 0 Å². The highest BCUT2D eigenvalue weighted by Gasteiger charge is 2.20. The highest BCUT2D eigenvalue weighted by atomic mass is 16.5. The van der Waals surface area contributed by atoms with Crippen molar-refractivity contribution in [3.05, 3.63) is 47.3 Å². The molecule has 1 aromatic carbocycles. The summed E-state index contributed by atoms with van der Waals surface area (Å²) < 4.78 is 6.92. The largest absolute Gasteiger partial charge is 0.497 e. The number of aryl methyl sites for hydroxylation is 2. The number of methoxy groups -OCH3 is 1. The van der Waals surface area contributed by atoms with Gasteiger partial charge >= 0.3 is 5.97 Å². The number of aromatic nitrogens is 2. The number of rotatable bonds is 6. The molecule has 5 heteroatoms. The van der Waals surface area contributed by atoms with Gasteiger partial charge in [0.25, 0.3) is 0 Å². The first-order valence-electron chi connectivity index (χ1n) is 6.85. The van der Waals surface area contributed by atoms with E-state index in [1.54, 1.807) is 11.8 Å². The highest BCUT2D eigenvalue weighted by Crippen LogP contribution is 2.19. The summed E-state index contributed by atoms with van der Waals surface area (Å²) in [6.07, 6.45) is 0.931. The molecule has 0 saturated heterocycles. The molecule has 112 valence electrons. The Hall–Kier alpha value is -2.30. The highest BCUT2D eigenvalue weighted by molar-refractivity contribution is 5.70. The van der Waals surface area contributed by atoms with E-state index in [-0.39, 0.29) is 0 Å². The molecule has 1 aromatic heterocycles. The van der Waals surface area contributed by atoms with Crippen molar-refractivity contribution < 1.29 is 14.6 Å². The second-order valence-corrected chi connectivity index (χ2v) is 5.20. The maximum Gasteiger partial charge on any atom is 0.307 e. The van der Waals surface area contributed by atoms with Gasteiger partial charge in [0.1, 0.15) is 5.75 Å². The van der Waals surface area contributed by atoms with Crippen LogP contribution in [0.25, 0.3) is 0 Å². The summed E-state index contributed by atoms with van der Waals surface area (Å²) in [5.41, 5.74) is 2.79. The molecule has 2 aromatic rings.